The van der Waals surface area contributed by atoms with E-state index in [0.29, 0.717) is 0 Å². The van der Waals surface area contributed by atoms with Crippen LogP contribution in [0.4, 0.5) is 0 Å². The van der Waals surface area contributed by atoms with E-state index in [1.54, 1.807) is 0 Å². The highest BCUT2D eigenvalue weighted by Crippen LogP contribution is 2.22. The quantitative estimate of drug-likeness (QED) is 0.159. The van der Waals surface area contributed by atoms with E-state index in [-0.39, 0.29) is 68.7 Å². The molecule has 0 aromatic rings. The van der Waals surface area contributed by atoms with Crippen molar-refractivity contribution in [3.05, 3.63) is 0 Å². The number of esters is 4. The molecule has 0 rings (SSSR count). The van der Waals surface area contributed by atoms with Gasteiger partial charge in [-0.25, -0.2) is 0 Å². The molecule has 162 valence electrons. The van der Waals surface area contributed by atoms with Crippen LogP contribution in [0.15, 0.2) is 0 Å². The van der Waals surface area contributed by atoms with Crippen molar-refractivity contribution in [1.29, 1.82) is 0 Å². The van der Waals surface area contributed by atoms with Gasteiger partial charge in [0.05, 0.1) is 25.0 Å². The number of thiol groups is 4. The zero-order valence-corrected chi connectivity index (χ0v) is 18.9. The molecule has 8 nitrogen and oxygen atoms in total. The molecule has 0 radical (unpaired) electrons. The van der Waals surface area contributed by atoms with Gasteiger partial charge >= 0.3 is 23.9 Å². The van der Waals surface area contributed by atoms with E-state index in [2.05, 4.69) is 50.5 Å². The molecular weight excluding hydrogens is 448 g/mol. The van der Waals surface area contributed by atoms with E-state index in [1.807, 2.05) is 0 Å². The fourth-order valence-electron chi connectivity index (χ4n) is 1.72. The summed E-state index contributed by atoms with van der Waals surface area (Å²) in [6.45, 7) is -1.17. The van der Waals surface area contributed by atoms with Gasteiger partial charge in [0.25, 0.3) is 0 Å². The summed E-state index contributed by atoms with van der Waals surface area (Å²) in [5.74, 6) is -1.56. The van der Waals surface area contributed by atoms with Crippen molar-refractivity contribution in [2.75, 3.05) is 49.4 Å². The maximum Gasteiger partial charge on any atom is 0.315 e. The Morgan fingerprint density at radius 3 is 1.07 bits per heavy atom. The summed E-state index contributed by atoms with van der Waals surface area (Å²) in [6, 6.07) is 0. The molecule has 0 bridgehead atoms. The van der Waals surface area contributed by atoms with Crippen LogP contribution in [0.2, 0.25) is 0 Å². The van der Waals surface area contributed by atoms with E-state index < -0.39 is 29.3 Å². The molecule has 0 amide bonds. The first kappa shape index (κ1) is 27.3. The van der Waals surface area contributed by atoms with Gasteiger partial charge < -0.3 is 18.9 Å². The lowest BCUT2D eigenvalue weighted by Gasteiger charge is -2.31. The van der Waals surface area contributed by atoms with Crippen LogP contribution in [-0.4, -0.2) is 73.3 Å². The summed E-state index contributed by atoms with van der Waals surface area (Å²) in [6.07, 6.45) is 0.192. The Labute approximate surface area is 186 Å². The second-order valence-corrected chi connectivity index (χ2v) is 7.38. The molecule has 0 aliphatic rings. The highest BCUT2D eigenvalue weighted by atomic mass is 32.1. The third-order valence-corrected chi connectivity index (χ3v) is 4.16. The minimum absolute atomic E-state index is 0.0640. The lowest BCUT2D eigenvalue weighted by atomic mass is 9.92. The predicted molar refractivity (Wildman–Crippen MR) is 116 cm³/mol. The molecule has 0 fully saturated rings. The van der Waals surface area contributed by atoms with Gasteiger partial charge in [0.2, 0.25) is 0 Å². The van der Waals surface area contributed by atoms with Crippen molar-refractivity contribution in [3.8, 4) is 0 Å². The average Bonchev–Trinajstić information content (AvgIpc) is 2.67. The van der Waals surface area contributed by atoms with Crippen LogP contribution in [-0.2, 0) is 38.1 Å². The molecule has 28 heavy (non-hydrogen) atoms. The SMILES string of the molecule is O=C(CS)OCC(COC(=O)CCS)(COC(=O)CCS)COC(=O)CCS. The summed E-state index contributed by atoms with van der Waals surface area (Å²) >= 11 is 15.7. The molecule has 0 spiro atoms. The van der Waals surface area contributed by atoms with Crippen molar-refractivity contribution in [2.24, 2.45) is 5.41 Å². The molecule has 0 aliphatic heterocycles. The third kappa shape index (κ3) is 12.7. The van der Waals surface area contributed by atoms with Gasteiger partial charge in [-0.2, -0.15) is 50.5 Å². The van der Waals surface area contributed by atoms with E-state index in [1.165, 1.54) is 0 Å². The zero-order chi connectivity index (χ0) is 21.4. The lowest BCUT2D eigenvalue weighted by molar-refractivity contribution is -0.169. The Balaban J connectivity index is 5.32. The number of carbonyl (C=O) groups excluding carboxylic acids is 4. The first-order chi connectivity index (χ1) is 13.3. The van der Waals surface area contributed by atoms with Crippen LogP contribution in [0.5, 0.6) is 0 Å². The molecule has 0 aromatic heterocycles. The summed E-state index contributed by atoms with van der Waals surface area (Å²) in [5.41, 5.74) is -1.26. The van der Waals surface area contributed by atoms with E-state index in [9.17, 15) is 19.2 Å². The monoisotopic (exact) mass is 474 g/mol. The number of carbonyl (C=O) groups is 4. The van der Waals surface area contributed by atoms with Crippen molar-refractivity contribution < 1.29 is 38.1 Å². The van der Waals surface area contributed by atoms with Crippen LogP contribution in [0.3, 0.4) is 0 Å². The van der Waals surface area contributed by atoms with Crippen molar-refractivity contribution in [3.63, 3.8) is 0 Å². The van der Waals surface area contributed by atoms with Crippen LogP contribution in [0.25, 0.3) is 0 Å². The first-order valence-corrected chi connectivity index (χ1v) is 10.9. The molecule has 0 aromatic carbocycles. The third-order valence-electron chi connectivity index (χ3n) is 3.23. The number of hydrogen-bond donors (Lipinski definition) is 4. The standard InChI is InChI=1S/C16H26O8S4/c17-12(1-4-25)21-8-16(11-24-15(20)7-28,9-22-13(18)2-5-26)10-23-14(19)3-6-27/h25-28H,1-11H2. The lowest BCUT2D eigenvalue weighted by Crippen LogP contribution is -2.44. The van der Waals surface area contributed by atoms with Crippen molar-refractivity contribution >= 4 is 74.4 Å². The highest BCUT2D eigenvalue weighted by molar-refractivity contribution is 7.81. The fraction of sp³-hybridized carbons (Fsp3) is 0.750. The molecule has 0 saturated carbocycles. The molecule has 12 heteroatoms. The molecule has 0 unspecified atom stereocenters. The Morgan fingerprint density at radius 1 is 0.536 bits per heavy atom. The summed E-state index contributed by atoms with van der Waals surface area (Å²) < 4.78 is 20.7. The maximum atomic E-state index is 11.7. The molecule has 0 heterocycles. The van der Waals surface area contributed by atoms with Gasteiger partial charge in [-0.15, -0.1) is 0 Å². The fourth-order valence-corrected chi connectivity index (χ4v) is 2.36. The number of ether oxygens (including phenoxy) is 4. The van der Waals surface area contributed by atoms with Gasteiger partial charge in [-0.1, -0.05) is 0 Å². The van der Waals surface area contributed by atoms with Crippen LogP contribution >= 0.6 is 50.5 Å². The largest absolute Gasteiger partial charge is 0.465 e. The van der Waals surface area contributed by atoms with Gasteiger partial charge in [0, 0.05) is 17.3 Å². The summed E-state index contributed by atoms with van der Waals surface area (Å²) in [4.78, 5) is 46.7. The topological polar surface area (TPSA) is 105 Å². The van der Waals surface area contributed by atoms with E-state index in [0.717, 1.165) is 0 Å². The Bertz CT molecular complexity index is 460. The van der Waals surface area contributed by atoms with Crippen LogP contribution < -0.4 is 0 Å². The molecule has 0 atom stereocenters. The number of hydrogen-bond acceptors (Lipinski definition) is 12. The normalized spacial score (nSPS) is 10.9. The average molecular weight is 475 g/mol. The Morgan fingerprint density at radius 2 is 0.821 bits per heavy atom. The van der Waals surface area contributed by atoms with Gasteiger partial charge in [-0.05, 0) is 0 Å². The van der Waals surface area contributed by atoms with E-state index in [4.69, 9.17) is 18.9 Å². The van der Waals surface area contributed by atoms with Crippen molar-refractivity contribution in [2.45, 2.75) is 19.3 Å². The van der Waals surface area contributed by atoms with Gasteiger partial charge in [0.1, 0.15) is 31.8 Å². The minimum Gasteiger partial charge on any atom is -0.465 e. The highest BCUT2D eigenvalue weighted by Gasteiger charge is 2.37. The summed E-state index contributed by atoms with van der Waals surface area (Å²) in [7, 11) is 0. The Kier molecular flexibility index (Phi) is 15.7. The van der Waals surface area contributed by atoms with E-state index >= 15 is 0 Å². The maximum absolute atomic E-state index is 11.7. The zero-order valence-electron chi connectivity index (χ0n) is 15.3. The molecular formula is C16H26O8S4. The Hall–Kier alpha value is -0.720. The van der Waals surface area contributed by atoms with Crippen LogP contribution in [0, 0.1) is 5.41 Å². The van der Waals surface area contributed by atoms with Crippen molar-refractivity contribution in [1.82, 2.24) is 0 Å². The molecule has 0 saturated heterocycles. The predicted octanol–water partition coefficient (Wildman–Crippen LogP) is 1.04. The van der Waals surface area contributed by atoms with Gasteiger partial charge in [-0.3, -0.25) is 19.2 Å². The minimum atomic E-state index is -1.26. The first-order valence-electron chi connectivity index (χ1n) is 8.38. The smallest absolute Gasteiger partial charge is 0.315 e. The summed E-state index contributed by atoms with van der Waals surface area (Å²) in [5, 5.41) is 0. The second-order valence-electron chi connectivity index (χ2n) is 5.72. The molecule has 0 aliphatic carbocycles. The molecule has 0 N–H and O–H groups in total. The number of rotatable bonds is 15. The van der Waals surface area contributed by atoms with Crippen LogP contribution in [0.1, 0.15) is 19.3 Å². The second kappa shape index (κ2) is 16.1. The van der Waals surface area contributed by atoms with Gasteiger partial charge in [0.15, 0.2) is 0 Å².